The lowest BCUT2D eigenvalue weighted by Gasteiger charge is -2.08. The zero-order valence-corrected chi connectivity index (χ0v) is 11.8. The van der Waals surface area contributed by atoms with E-state index >= 15 is 0 Å². The molecule has 1 N–H and O–H groups in total. The van der Waals surface area contributed by atoms with Gasteiger partial charge in [-0.15, -0.1) is 11.8 Å². The van der Waals surface area contributed by atoms with E-state index in [1.54, 1.807) is 23.9 Å². The van der Waals surface area contributed by atoms with Crippen LogP contribution in [0.3, 0.4) is 0 Å². The number of carbonyl (C=O) groups is 1. The average Bonchev–Trinajstić information content (AvgIpc) is 2.39. The van der Waals surface area contributed by atoms with Crippen LogP contribution in [0, 0.1) is 13.8 Å². The number of benzene rings is 2. The van der Waals surface area contributed by atoms with Gasteiger partial charge in [-0.2, -0.15) is 0 Å². The molecule has 0 bridgehead atoms. The molecule has 0 fully saturated rings. The summed E-state index contributed by atoms with van der Waals surface area (Å²) in [5, 5.41) is 9.02. The average molecular weight is 272 g/mol. The van der Waals surface area contributed by atoms with Gasteiger partial charge in [0.25, 0.3) is 0 Å². The lowest BCUT2D eigenvalue weighted by Crippen LogP contribution is -1.97. The second kappa shape index (κ2) is 5.93. The van der Waals surface area contributed by atoms with Gasteiger partial charge in [0.2, 0.25) is 0 Å². The van der Waals surface area contributed by atoms with Crippen molar-refractivity contribution in [3.05, 3.63) is 64.7 Å². The Morgan fingerprint density at radius 3 is 2.53 bits per heavy atom. The quantitative estimate of drug-likeness (QED) is 0.843. The molecule has 0 unspecified atom stereocenters. The van der Waals surface area contributed by atoms with Gasteiger partial charge < -0.3 is 5.11 Å². The maximum Gasteiger partial charge on any atom is 0.335 e. The summed E-state index contributed by atoms with van der Waals surface area (Å²) in [7, 11) is 0. The number of carboxylic acids is 1. The molecule has 0 saturated heterocycles. The van der Waals surface area contributed by atoms with E-state index in [-0.39, 0.29) is 0 Å². The van der Waals surface area contributed by atoms with E-state index in [0.29, 0.717) is 5.56 Å². The molecule has 0 saturated carbocycles. The van der Waals surface area contributed by atoms with Crippen LogP contribution in [0.2, 0.25) is 0 Å². The summed E-state index contributed by atoms with van der Waals surface area (Å²) in [6.45, 7) is 4.10. The molecule has 2 rings (SSSR count). The van der Waals surface area contributed by atoms with Crippen molar-refractivity contribution < 1.29 is 9.90 Å². The predicted molar refractivity (Wildman–Crippen MR) is 78.9 cm³/mol. The Bertz CT molecular complexity index is 605. The van der Waals surface area contributed by atoms with Crippen LogP contribution in [0.4, 0.5) is 0 Å². The minimum atomic E-state index is -0.877. The fourth-order valence-corrected chi connectivity index (χ4v) is 2.96. The molecule has 0 aliphatic carbocycles. The zero-order valence-electron chi connectivity index (χ0n) is 11.0. The van der Waals surface area contributed by atoms with Gasteiger partial charge in [-0.25, -0.2) is 4.79 Å². The number of rotatable bonds is 4. The molecule has 0 heterocycles. The molecule has 98 valence electrons. The van der Waals surface area contributed by atoms with Crippen molar-refractivity contribution >= 4 is 17.7 Å². The number of aromatic carboxylic acids is 1. The smallest absolute Gasteiger partial charge is 0.335 e. The first-order valence-corrected chi connectivity index (χ1v) is 7.08. The van der Waals surface area contributed by atoms with E-state index in [0.717, 1.165) is 16.2 Å². The number of hydrogen-bond acceptors (Lipinski definition) is 2. The van der Waals surface area contributed by atoms with Crippen LogP contribution in [0.1, 0.15) is 27.0 Å². The van der Waals surface area contributed by atoms with Crippen molar-refractivity contribution in [2.24, 2.45) is 0 Å². The molecule has 19 heavy (non-hydrogen) atoms. The highest BCUT2D eigenvalue weighted by Crippen LogP contribution is 2.28. The van der Waals surface area contributed by atoms with Gasteiger partial charge in [-0.1, -0.05) is 30.3 Å². The lowest BCUT2D eigenvalue weighted by atomic mass is 10.1. The van der Waals surface area contributed by atoms with Gasteiger partial charge >= 0.3 is 5.97 Å². The molecule has 0 spiro atoms. The zero-order chi connectivity index (χ0) is 13.8. The number of carboxylic acid groups (broad SMARTS) is 1. The normalized spacial score (nSPS) is 10.4. The molecule has 0 amide bonds. The lowest BCUT2D eigenvalue weighted by molar-refractivity contribution is 0.0696. The summed E-state index contributed by atoms with van der Waals surface area (Å²) in [6, 6.07) is 13.5. The number of hydrogen-bond donors (Lipinski definition) is 1. The van der Waals surface area contributed by atoms with Crippen molar-refractivity contribution in [1.82, 2.24) is 0 Å². The van der Waals surface area contributed by atoms with Crippen molar-refractivity contribution in [3.63, 3.8) is 0 Å². The summed E-state index contributed by atoms with van der Waals surface area (Å²) in [4.78, 5) is 12.0. The SMILES string of the molecule is Cc1ccccc1CSc1cc(C(=O)O)ccc1C. The van der Waals surface area contributed by atoms with Crippen molar-refractivity contribution in [2.45, 2.75) is 24.5 Å². The predicted octanol–water partition coefficient (Wildman–Crippen LogP) is 4.29. The maximum atomic E-state index is 11.0. The van der Waals surface area contributed by atoms with E-state index in [2.05, 4.69) is 19.1 Å². The van der Waals surface area contributed by atoms with Crippen LogP contribution < -0.4 is 0 Å². The molecule has 2 aromatic rings. The highest BCUT2D eigenvalue weighted by Gasteiger charge is 2.07. The van der Waals surface area contributed by atoms with Gasteiger partial charge in [-0.3, -0.25) is 0 Å². The first-order chi connectivity index (χ1) is 9.08. The summed E-state index contributed by atoms with van der Waals surface area (Å²) < 4.78 is 0. The van der Waals surface area contributed by atoms with Gasteiger partial charge in [-0.05, 0) is 42.7 Å². The third-order valence-electron chi connectivity index (χ3n) is 3.08. The third kappa shape index (κ3) is 3.38. The molecule has 3 heteroatoms. The Hall–Kier alpha value is -1.74. The second-order valence-electron chi connectivity index (χ2n) is 4.50. The largest absolute Gasteiger partial charge is 0.478 e. The van der Waals surface area contributed by atoms with E-state index in [1.807, 2.05) is 25.1 Å². The molecule has 0 aliphatic heterocycles. The molecular weight excluding hydrogens is 256 g/mol. The summed E-state index contributed by atoms with van der Waals surface area (Å²) in [6.07, 6.45) is 0. The Morgan fingerprint density at radius 1 is 1.11 bits per heavy atom. The van der Waals surface area contributed by atoms with Crippen LogP contribution in [0.25, 0.3) is 0 Å². The van der Waals surface area contributed by atoms with E-state index in [4.69, 9.17) is 5.11 Å². The topological polar surface area (TPSA) is 37.3 Å². The van der Waals surface area contributed by atoms with Crippen molar-refractivity contribution in [1.29, 1.82) is 0 Å². The molecule has 0 aliphatic rings. The summed E-state index contributed by atoms with van der Waals surface area (Å²) >= 11 is 1.68. The van der Waals surface area contributed by atoms with Crippen LogP contribution in [-0.2, 0) is 5.75 Å². The van der Waals surface area contributed by atoms with E-state index < -0.39 is 5.97 Å². The Morgan fingerprint density at radius 2 is 1.84 bits per heavy atom. The molecule has 2 aromatic carbocycles. The van der Waals surface area contributed by atoms with Crippen LogP contribution >= 0.6 is 11.8 Å². The number of aryl methyl sites for hydroxylation is 2. The standard InChI is InChI=1S/C16H16O2S/c1-11-5-3-4-6-14(11)10-19-15-9-13(16(17)18)8-7-12(15)2/h3-9H,10H2,1-2H3,(H,17,18). The Kier molecular flexibility index (Phi) is 4.27. The number of thioether (sulfide) groups is 1. The molecule has 2 nitrogen and oxygen atoms in total. The van der Waals surface area contributed by atoms with Crippen LogP contribution in [0.5, 0.6) is 0 Å². The summed E-state index contributed by atoms with van der Waals surface area (Å²) in [5.41, 5.74) is 4.01. The second-order valence-corrected chi connectivity index (χ2v) is 5.52. The first-order valence-electron chi connectivity index (χ1n) is 6.09. The van der Waals surface area contributed by atoms with Crippen LogP contribution in [0.15, 0.2) is 47.4 Å². The highest BCUT2D eigenvalue weighted by molar-refractivity contribution is 7.98. The van der Waals surface area contributed by atoms with Crippen LogP contribution in [-0.4, -0.2) is 11.1 Å². The maximum absolute atomic E-state index is 11.0. The van der Waals surface area contributed by atoms with Crippen molar-refractivity contribution in [3.8, 4) is 0 Å². The minimum absolute atomic E-state index is 0.345. The fourth-order valence-electron chi connectivity index (χ4n) is 1.82. The minimum Gasteiger partial charge on any atom is -0.478 e. The molecular formula is C16H16O2S. The van der Waals surface area contributed by atoms with E-state index in [9.17, 15) is 4.79 Å². The highest BCUT2D eigenvalue weighted by atomic mass is 32.2. The summed E-state index contributed by atoms with van der Waals surface area (Å²) in [5.74, 6) is -0.0194. The monoisotopic (exact) mass is 272 g/mol. The fraction of sp³-hybridized carbons (Fsp3) is 0.188. The molecule has 0 aromatic heterocycles. The Balaban J connectivity index is 2.17. The van der Waals surface area contributed by atoms with Gasteiger partial charge in [0, 0.05) is 10.6 Å². The molecule has 0 radical (unpaired) electrons. The van der Waals surface area contributed by atoms with E-state index in [1.165, 1.54) is 11.1 Å². The van der Waals surface area contributed by atoms with Gasteiger partial charge in [0.1, 0.15) is 0 Å². The van der Waals surface area contributed by atoms with Gasteiger partial charge in [0.05, 0.1) is 5.56 Å². The van der Waals surface area contributed by atoms with Crippen molar-refractivity contribution in [2.75, 3.05) is 0 Å². The van der Waals surface area contributed by atoms with Gasteiger partial charge in [0.15, 0.2) is 0 Å². The molecule has 0 atom stereocenters. The third-order valence-corrected chi connectivity index (χ3v) is 4.29. The first kappa shape index (κ1) is 13.7. The Labute approximate surface area is 117 Å².